The number of hydrogen-bond donors (Lipinski definition) is 0. The van der Waals surface area contributed by atoms with Crippen molar-refractivity contribution in [2.24, 2.45) is 0 Å². The number of hydrogen-bond acceptors (Lipinski definition) is 6. The third kappa shape index (κ3) is 3.52. The van der Waals surface area contributed by atoms with Crippen molar-refractivity contribution in [3.05, 3.63) is 80.4 Å². The monoisotopic (exact) mass is 391 g/mol. The average molecular weight is 391 g/mol. The molecular formula is C21H17N3O3S. The molecule has 7 heteroatoms. The fourth-order valence-corrected chi connectivity index (χ4v) is 3.64. The highest BCUT2D eigenvalue weighted by Gasteiger charge is 2.09. The first-order valence-electron chi connectivity index (χ1n) is 8.54. The Labute approximate surface area is 165 Å². The lowest BCUT2D eigenvalue weighted by atomic mass is 10.2. The van der Waals surface area contributed by atoms with E-state index >= 15 is 0 Å². The molecule has 0 aliphatic carbocycles. The molecule has 2 aromatic carbocycles. The topological polar surface area (TPSA) is 65.7 Å². The summed E-state index contributed by atoms with van der Waals surface area (Å²) in [6.45, 7) is 0. The van der Waals surface area contributed by atoms with Crippen LogP contribution in [0.1, 0.15) is 17.0 Å². The van der Waals surface area contributed by atoms with Gasteiger partial charge in [-0.2, -0.15) is 9.50 Å². The van der Waals surface area contributed by atoms with Crippen molar-refractivity contribution in [1.29, 1.82) is 0 Å². The van der Waals surface area contributed by atoms with Crippen LogP contribution in [0.25, 0.3) is 23.2 Å². The molecule has 140 valence electrons. The van der Waals surface area contributed by atoms with Crippen molar-refractivity contribution in [1.82, 2.24) is 14.6 Å². The maximum atomic E-state index is 12.7. The summed E-state index contributed by atoms with van der Waals surface area (Å²) in [5.41, 5.74) is 1.64. The summed E-state index contributed by atoms with van der Waals surface area (Å²) < 4.78 is 12.4. The summed E-state index contributed by atoms with van der Waals surface area (Å²) in [5.74, 6) is 2.00. The quantitative estimate of drug-likeness (QED) is 0.523. The molecule has 4 rings (SSSR count). The summed E-state index contributed by atoms with van der Waals surface area (Å²) in [6, 6.07) is 15.2. The van der Waals surface area contributed by atoms with Gasteiger partial charge in [-0.05, 0) is 35.9 Å². The molecule has 0 saturated heterocycles. The molecular weight excluding hydrogens is 374 g/mol. The molecule has 0 aliphatic heterocycles. The predicted octanol–water partition coefficient (Wildman–Crippen LogP) is 2.89. The van der Waals surface area contributed by atoms with Crippen molar-refractivity contribution < 1.29 is 9.47 Å². The van der Waals surface area contributed by atoms with Crippen molar-refractivity contribution in [2.45, 2.75) is 0 Å². The standard InChI is InChI=1S/C21H17N3O3S/c1-26-16-10-7-14(8-11-16)9-12-19-22-21-24(23-19)20(25)18(28-21)13-15-5-3-4-6-17(15)27-2/h3-13H,1-2H3. The van der Waals surface area contributed by atoms with Crippen LogP contribution in [-0.2, 0) is 0 Å². The maximum Gasteiger partial charge on any atom is 0.291 e. The fraction of sp³-hybridized carbons (Fsp3) is 0.0952. The van der Waals surface area contributed by atoms with Gasteiger partial charge in [0, 0.05) is 5.56 Å². The fourth-order valence-electron chi connectivity index (χ4n) is 2.73. The molecule has 0 unspecified atom stereocenters. The number of para-hydroxylation sites is 1. The number of methoxy groups -OCH3 is 2. The van der Waals surface area contributed by atoms with Gasteiger partial charge in [-0.1, -0.05) is 47.7 Å². The second-order valence-corrected chi connectivity index (χ2v) is 6.94. The van der Waals surface area contributed by atoms with Gasteiger partial charge in [0.25, 0.3) is 5.56 Å². The lowest BCUT2D eigenvalue weighted by Crippen LogP contribution is -2.23. The maximum absolute atomic E-state index is 12.7. The number of aromatic nitrogens is 3. The Morgan fingerprint density at radius 1 is 1.00 bits per heavy atom. The summed E-state index contributed by atoms with van der Waals surface area (Å²) in [7, 11) is 3.24. The van der Waals surface area contributed by atoms with Crippen LogP contribution in [0.5, 0.6) is 11.5 Å². The zero-order valence-corrected chi connectivity index (χ0v) is 16.1. The Kier molecular flexibility index (Phi) is 4.90. The molecule has 28 heavy (non-hydrogen) atoms. The minimum absolute atomic E-state index is 0.192. The number of fused-ring (bicyclic) bond motifs is 1. The molecule has 0 N–H and O–H groups in total. The molecule has 2 aromatic heterocycles. The zero-order chi connectivity index (χ0) is 19.5. The number of rotatable bonds is 5. The van der Waals surface area contributed by atoms with E-state index in [2.05, 4.69) is 10.1 Å². The van der Waals surface area contributed by atoms with Gasteiger partial charge >= 0.3 is 0 Å². The van der Waals surface area contributed by atoms with E-state index in [4.69, 9.17) is 9.47 Å². The summed E-state index contributed by atoms with van der Waals surface area (Å²) in [4.78, 5) is 17.6. The van der Waals surface area contributed by atoms with Crippen LogP contribution in [0.4, 0.5) is 0 Å². The number of nitrogens with zero attached hydrogens (tertiary/aromatic N) is 3. The van der Waals surface area contributed by atoms with Gasteiger partial charge in [0.2, 0.25) is 4.96 Å². The van der Waals surface area contributed by atoms with Crippen molar-refractivity contribution >= 4 is 34.5 Å². The van der Waals surface area contributed by atoms with E-state index in [9.17, 15) is 4.79 Å². The highest BCUT2D eigenvalue weighted by Crippen LogP contribution is 2.18. The van der Waals surface area contributed by atoms with E-state index in [1.54, 1.807) is 26.4 Å². The highest BCUT2D eigenvalue weighted by molar-refractivity contribution is 7.15. The van der Waals surface area contributed by atoms with Gasteiger partial charge in [-0.3, -0.25) is 4.79 Å². The van der Waals surface area contributed by atoms with Crippen LogP contribution in [-0.4, -0.2) is 28.8 Å². The van der Waals surface area contributed by atoms with Crippen LogP contribution < -0.4 is 19.6 Å². The Hall–Kier alpha value is -3.45. The third-order valence-corrected chi connectivity index (χ3v) is 5.12. The van der Waals surface area contributed by atoms with Crippen molar-refractivity contribution in [3.63, 3.8) is 0 Å². The van der Waals surface area contributed by atoms with Gasteiger partial charge in [0.05, 0.1) is 18.8 Å². The average Bonchev–Trinajstić information content (AvgIpc) is 3.26. The lowest BCUT2D eigenvalue weighted by Gasteiger charge is -2.02. The molecule has 0 fully saturated rings. The van der Waals surface area contributed by atoms with E-state index in [0.717, 1.165) is 16.9 Å². The number of ether oxygens (including phenoxy) is 2. The molecule has 0 atom stereocenters. The molecule has 0 bridgehead atoms. The SMILES string of the molecule is COc1ccc(C=Cc2nc3sc(=Cc4ccccc4OC)c(=O)n3n2)cc1. The van der Waals surface area contributed by atoms with Crippen LogP contribution in [0.15, 0.2) is 53.3 Å². The highest BCUT2D eigenvalue weighted by atomic mass is 32.1. The van der Waals surface area contributed by atoms with Gasteiger partial charge in [-0.15, -0.1) is 5.10 Å². The largest absolute Gasteiger partial charge is 0.497 e. The first-order valence-corrected chi connectivity index (χ1v) is 9.36. The molecule has 0 spiro atoms. The molecule has 0 saturated carbocycles. The van der Waals surface area contributed by atoms with Crippen LogP contribution in [0.3, 0.4) is 0 Å². The zero-order valence-electron chi connectivity index (χ0n) is 15.3. The van der Waals surface area contributed by atoms with E-state index in [1.807, 2.05) is 54.6 Å². The van der Waals surface area contributed by atoms with Crippen LogP contribution in [0, 0.1) is 0 Å². The molecule has 0 amide bonds. The minimum atomic E-state index is -0.192. The Bertz CT molecular complexity index is 1260. The first kappa shape index (κ1) is 17.9. The molecule has 0 aliphatic rings. The summed E-state index contributed by atoms with van der Waals surface area (Å²) in [6.07, 6.45) is 5.48. The smallest absolute Gasteiger partial charge is 0.291 e. The van der Waals surface area contributed by atoms with Gasteiger partial charge in [-0.25, -0.2) is 0 Å². The summed E-state index contributed by atoms with van der Waals surface area (Å²) >= 11 is 1.30. The molecule has 0 radical (unpaired) electrons. The molecule has 4 aromatic rings. The second-order valence-electron chi connectivity index (χ2n) is 5.93. The van der Waals surface area contributed by atoms with Gasteiger partial charge in [0.1, 0.15) is 11.5 Å². The van der Waals surface area contributed by atoms with E-state index < -0.39 is 0 Å². The van der Waals surface area contributed by atoms with E-state index in [-0.39, 0.29) is 5.56 Å². The second kappa shape index (κ2) is 7.66. The van der Waals surface area contributed by atoms with Crippen molar-refractivity contribution in [3.8, 4) is 11.5 Å². The molecule has 2 heterocycles. The first-order chi connectivity index (χ1) is 13.7. The lowest BCUT2D eigenvalue weighted by molar-refractivity contribution is 0.414. The Balaban J connectivity index is 1.65. The van der Waals surface area contributed by atoms with Crippen LogP contribution in [0.2, 0.25) is 0 Å². The summed E-state index contributed by atoms with van der Waals surface area (Å²) in [5, 5.41) is 4.31. The van der Waals surface area contributed by atoms with E-state index in [0.29, 0.717) is 21.1 Å². The molecule has 6 nitrogen and oxygen atoms in total. The number of thiazole rings is 1. The van der Waals surface area contributed by atoms with E-state index in [1.165, 1.54) is 15.9 Å². The van der Waals surface area contributed by atoms with Gasteiger partial charge < -0.3 is 9.47 Å². The normalized spacial score (nSPS) is 12.1. The number of benzene rings is 2. The predicted molar refractivity (Wildman–Crippen MR) is 111 cm³/mol. The Morgan fingerprint density at radius 3 is 2.50 bits per heavy atom. The Morgan fingerprint density at radius 2 is 1.79 bits per heavy atom. The van der Waals surface area contributed by atoms with Gasteiger partial charge in [0.15, 0.2) is 5.82 Å². The van der Waals surface area contributed by atoms with Crippen LogP contribution >= 0.6 is 11.3 Å². The van der Waals surface area contributed by atoms with Crippen molar-refractivity contribution in [2.75, 3.05) is 14.2 Å². The third-order valence-electron chi connectivity index (χ3n) is 4.16. The minimum Gasteiger partial charge on any atom is -0.497 e.